The Bertz CT molecular complexity index is 235. The number of carbonyl (C=O) groups excluding carboxylic acids is 1. The van der Waals surface area contributed by atoms with E-state index in [4.69, 9.17) is 0 Å². The zero-order chi connectivity index (χ0) is 10.8. The van der Waals surface area contributed by atoms with Crippen molar-refractivity contribution in [3.8, 4) is 0 Å². The van der Waals surface area contributed by atoms with E-state index in [1.807, 2.05) is 11.8 Å². The van der Waals surface area contributed by atoms with E-state index in [2.05, 4.69) is 24.1 Å². The Morgan fingerprint density at radius 2 is 2.27 bits per heavy atom. The van der Waals surface area contributed by atoms with Crippen LogP contribution in [0.5, 0.6) is 0 Å². The quantitative estimate of drug-likeness (QED) is 0.787. The van der Waals surface area contributed by atoms with Gasteiger partial charge in [-0.3, -0.25) is 10.1 Å². The van der Waals surface area contributed by atoms with Crippen LogP contribution in [0.4, 0.5) is 0 Å². The summed E-state index contributed by atoms with van der Waals surface area (Å²) in [5, 5.41) is 3.26. The Kier molecular flexibility index (Phi) is 3.57. The van der Waals surface area contributed by atoms with Crippen LogP contribution in [0.1, 0.15) is 26.7 Å². The van der Waals surface area contributed by atoms with Gasteiger partial charge < -0.3 is 4.90 Å². The molecule has 1 saturated heterocycles. The van der Waals surface area contributed by atoms with E-state index in [9.17, 15) is 4.79 Å². The summed E-state index contributed by atoms with van der Waals surface area (Å²) in [5.74, 6) is 2.77. The van der Waals surface area contributed by atoms with Gasteiger partial charge in [0.2, 0.25) is 5.91 Å². The molecule has 1 amide bonds. The van der Waals surface area contributed by atoms with Crippen molar-refractivity contribution in [3.05, 3.63) is 0 Å². The largest absolute Gasteiger partial charge is 0.338 e. The van der Waals surface area contributed by atoms with Gasteiger partial charge in [-0.1, -0.05) is 13.8 Å². The molecular formula is C11H20N2OS. The van der Waals surface area contributed by atoms with Crippen LogP contribution in [0.15, 0.2) is 0 Å². The summed E-state index contributed by atoms with van der Waals surface area (Å²) in [7, 11) is 0. The Morgan fingerprint density at radius 1 is 1.53 bits per heavy atom. The summed E-state index contributed by atoms with van der Waals surface area (Å²) in [6.07, 6.45) is 2.41. The van der Waals surface area contributed by atoms with Crippen LogP contribution in [-0.4, -0.2) is 41.1 Å². The molecule has 2 fully saturated rings. The van der Waals surface area contributed by atoms with E-state index in [1.54, 1.807) is 0 Å². The third-order valence-corrected chi connectivity index (χ3v) is 3.79. The number of carbonyl (C=O) groups is 1. The lowest BCUT2D eigenvalue weighted by molar-refractivity contribution is -0.133. The Labute approximate surface area is 96.0 Å². The number of hydrogen-bond acceptors (Lipinski definition) is 3. The first-order chi connectivity index (χ1) is 7.18. The van der Waals surface area contributed by atoms with Crippen molar-refractivity contribution in [1.82, 2.24) is 10.2 Å². The standard InChI is InChI=1S/C11H20N2OS/c1-8(2)5-13(9-3-4-9)11(14)10-6-15-7-12-10/h8-10,12H,3-7H2,1-2H3. The fourth-order valence-corrected chi connectivity index (χ4v) is 2.89. The first kappa shape index (κ1) is 11.3. The van der Waals surface area contributed by atoms with E-state index < -0.39 is 0 Å². The normalized spacial score (nSPS) is 25.9. The Balaban J connectivity index is 1.93. The predicted molar refractivity (Wildman–Crippen MR) is 63.8 cm³/mol. The molecule has 86 valence electrons. The highest BCUT2D eigenvalue weighted by Gasteiger charge is 2.36. The average Bonchev–Trinajstić information content (AvgIpc) is 2.88. The van der Waals surface area contributed by atoms with Gasteiger partial charge in [0.25, 0.3) is 0 Å². The monoisotopic (exact) mass is 228 g/mol. The molecule has 0 aromatic heterocycles. The summed E-state index contributed by atoms with van der Waals surface area (Å²) in [6, 6.07) is 0.627. The van der Waals surface area contributed by atoms with Gasteiger partial charge in [0, 0.05) is 24.2 Å². The zero-order valence-corrected chi connectivity index (χ0v) is 10.3. The first-order valence-corrected chi connectivity index (χ1v) is 6.95. The molecule has 1 aliphatic carbocycles. The molecular weight excluding hydrogens is 208 g/mol. The molecule has 4 heteroatoms. The molecule has 3 nitrogen and oxygen atoms in total. The molecule has 1 N–H and O–H groups in total. The molecule has 0 bridgehead atoms. The number of thioether (sulfide) groups is 1. The van der Waals surface area contributed by atoms with Gasteiger partial charge in [0.15, 0.2) is 0 Å². The number of amides is 1. The maximum atomic E-state index is 12.2. The Morgan fingerprint density at radius 3 is 2.73 bits per heavy atom. The zero-order valence-electron chi connectivity index (χ0n) is 9.53. The van der Waals surface area contributed by atoms with Crippen LogP contribution in [0.25, 0.3) is 0 Å². The van der Waals surface area contributed by atoms with Crippen molar-refractivity contribution in [2.45, 2.75) is 38.8 Å². The smallest absolute Gasteiger partial charge is 0.240 e. The molecule has 1 aliphatic heterocycles. The van der Waals surface area contributed by atoms with Gasteiger partial charge in [-0.2, -0.15) is 0 Å². The second-order valence-corrected chi connectivity index (χ2v) is 5.92. The molecule has 2 aliphatic rings. The second-order valence-electron chi connectivity index (χ2n) is 4.89. The third kappa shape index (κ3) is 2.88. The van der Waals surface area contributed by atoms with E-state index in [-0.39, 0.29) is 6.04 Å². The van der Waals surface area contributed by atoms with E-state index in [0.717, 1.165) is 18.2 Å². The predicted octanol–water partition coefficient (Wildman–Crippen LogP) is 1.30. The highest BCUT2D eigenvalue weighted by molar-refractivity contribution is 7.99. The lowest BCUT2D eigenvalue weighted by Gasteiger charge is -2.27. The molecule has 1 atom stereocenters. The van der Waals surface area contributed by atoms with Gasteiger partial charge in [-0.25, -0.2) is 0 Å². The molecule has 1 unspecified atom stereocenters. The topological polar surface area (TPSA) is 32.3 Å². The summed E-state index contributed by atoms with van der Waals surface area (Å²) < 4.78 is 0. The van der Waals surface area contributed by atoms with E-state index >= 15 is 0 Å². The Hall–Kier alpha value is -0.220. The molecule has 2 rings (SSSR count). The van der Waals surface area contributed by atoms with E-state index in [1.165, 1.54) is 12.8 Å². The van der Waals surface area contributed by atoms with Crippen molar-refractivity contribution >= 4 is 17.7 Å². The average molecular weight is 228 g/mol. The van der Waals surface area contributed by atoms with Gasteiger partial charge in [-0.05, 0) is 18.8 Å². The molecule has 15 heavy (non-hydrogen) atoms. The van der Waals surface area contributed by atoms with Crippen LogP contribution in [-0.2, 0) is 4.79 Å². The van der Waals surface area contributed by atoms with Crippen molar-refractivity contribution in [2.75, 3.05) is 18.2 Å². The third-order valence-electron chi connectivity index (χ3n) is 2.85. The minimum Gasteiger partial charge on any atom is -0.338 e. The van der Waals surface area contributed by atoms with Crippen LogP contribution >= 0.6 is 11.8 Å². The van der Waals surface area contributed by atoms with E-state index in [0.29, 0.717) is 17.9 Å². The fourth-order valence-electron chi connectivity index (χ4n) is 1.95. The minimum atomic E-state index is 0.0781. The van der Waals surface area contributed by atoms with Gasteiger partial charge in [0.05, 0.1) is 6.04 Å². The van der Waals surface area contributed by atoms with Crippen LogP contribution < -0.4 is 5.32 Å². The summed E-state index contributed by atoms with van der Waals surface area (Å²) in [5.41, 5.74) is 0. The first-order valence-electron chi connectivity index (χ1n) is 5.80. The van der Waals surface area contributed by atoms with Gasteiger partial charge >= 0.3 is 0 Å². The summed E-state index contributed by atoms with van der Waals surface area (Å²) in [4.78, 5) is 14.3. The number of rotatable bonds is 4. The molecule has 1 saturated carbocycles. The van der Waals surface area contributed by atoms with Gasteiger partial charge in [-0.15, -0.1) is 11.8 Å². The summed E-state index contributed by atoms with van der Waals surface area (Å²) in [6.45, 7) is 5.28. The summed E-state index contributed by atoms with van der Waals surface area (Å²) >= 11 is 1.82. The maximum absolute atomic E-state index is 12.2. The van der Waals surface area contributed by atoms with Crippen LogP contribution in [0, 0.1) is 5.92 Å². The molecule has 0 aromatic rings. The van der Waals surface area contributed by atoms with Crippen molar-refractivity contribution in [1.29, 1.82) is 0 Å². The fraction of sp³-hybridized carbons (Fsp3) is 0.909. The lowest BCUT2D eigenvalue weighted by Crippen LogP contribution is -2.47. The van der Waals surface area contributed by atoms with Crippen LogP contribution in [0.2, 0.25) is 0 Å². The van der Waals surface area contributed by atoms with Crippen LogP contribution in [0.3, 0.4) is 0 Å². The lowest BCUT2D eigenvalue weighted by atomic mass is 10.2. The van der Waals surface area contributed by atoms with Crippen molar-refractivity contribution in [2.24, 2.45) is 5.92 Å². The maximum Gasteiger partial charge on any atom is 0.240 e. The minimum absolute atomic E-state index is 0.0781. The van der Waals surface area contributed by atoms with Crippen molar-refractivity contribution < 1.29 is 4.79 Å². The highest BCUT2D eigenvalue weighted by Crippen LogP contribution is 2.29. The number of nitrogens with zero attached hydrogens (tertiary/aromatic N) is 1. The second kappa shape index (κ2) is 4.74. The van der Waals surface area contributed by atoms with Crippen molar-refractivity contribution in [3.63, 3.8) is 0 Å². The highest BCUT2D eigenvalue weighted by atomic mass is 32.2. The SMILES string of the molecule is CC(C)CN(C(=O)C1CSCN1)C1CC1. The number of nitrogens with one attached hydrogen (secondary N) is 1. The molecule has 0 spiro atoms. The molecule has 0 radical (unpaired) electrons. The molecule has 1 heterocycles. The van der Waals surface area contributed by atoms with Gasteiger partial charge in [0.1, 0.15) is 0 Å². The molecule has 0 aromatic carbocycles. The number of hydrogen-bond donors (Lipinski definition) is 1.